The molecule has 0 unspecified atom stereocenters. The van der Waals surface area contributed by atoms with Gasteiger partial charge in [0.05, 0.1) is 6.54 Å². The van der Waals surface area contributed by atoms with Crippen molar-refractivity contribution in [1.82, 2.24) is 24.9 Å². The second-order valence-corrected chi connectivity index (χ2v) is 6.47. The van der Waals surface area contributed by atoms with Crippen molar-refractivity contribution in [2.24, 2.45) is 5.92 Å². The largest absolute Gasteiger partial charge is 0.424 e. The van der Waals surface area contributed by atoms with E-state index in [0.717, 1.165) is 43.9 Å². The molecule has 0 aliphatic carbocycles. The van der Waals surface area contributed by atoms with Crippen LogP contribution in [0.5, 0.6) is 0 Å². The molecular formula is C16H25N5O. The molecule has 2 aromatic heterocycles. The molecule has 1 aliphatic rings. The minimum Gasteiger partial charge on any atom is -0.424 e. The average molecular weight is 303 g/mol. The van der Waals surface area contributed by atoms with Crippen LogP contribution < -0.4 is 0 Å². The predicted octanol–water partition coefficient (Wildman–Crippen LogP) is 2.69. The first-order chi connectivity index (χ1) is 10.7. The van der Waals surface area contributed by atoms with Gasteiger partial charge in [0.2, 0.25) is 11.8 Å². The van der Waals surface area contributed by atoms with Crippen LogP contribution in [0.25, 0.3) is 0 Å². The fraction of sp³-hybridized carbons (Fsp3) is 0.688. The third kappa shape index (κ3) is 3.94. The molecule has 0 atom stereocenters. The van der Waals surface area contributed by atoms with Crippen LogP contribution in [0.4, 0.5) is 0 Å². The number of aryl methyl sites for hydroxylation is 1. The van der Waals surface area contributed by atoms with Crippen molar-refractivity contribution in [2.45, 2.75) is 52.1 Å². The summed E-state index contributed by atoms with van der Waals surface area (Å²) in [4.78, 5) is 2.42. The van der Waals surface area contributed by atoms with Gasteiger partial charge < -0.3 is 4.42 Å². The maximum absolute atomic E-state index is 5.70. The molecule has 0 saturated carbocycles. The molecule has 3 rings (SSSR count). The fourth-order valence-electron chi connectivity index (χ4n) is 2.94. The van der Waals surface area contributed by atoms with E-state index in [-0.39, 0.29) is 0 Å². The molecule has 0 amide bonds. The van der Waals surface area contributed by atoms with E-state index in [1.54, 1.807) is 0 Å². The minimum atomic E-state index is 0.300. The number of piperidine rings is 1. The average Bonchev–Trinajstić information content (AvgIpc) is 3.18. The molecule has 6 nitrogen and oxygen atoms in total. The Balaban J connectivity index is 1.41. The summed E-state index contributed by atoms with van der Waals surface area (Å²) in [5.74, 6) is 2.59. The molecule has 1 fully saturated rings. The van der Waals surface area contributed by atoms with Crippen LogP contribution in [-0.2, 0) is 13.1 Å². The van der Waals surface area contributed by atoms with Crippen molar-refractivity contribution in [2.75, 3.05) is 13.1 Å². The number of hydrogen-bond acceptors (Lipinski definition) is 5. The standard InChI is InChI=1S/C16H25N5O/c1-13(2)16-19-18-15(22-16)12-20-9-4-14(5-10-20)6-11-21-8-3-7-17-21/h3,7-8,13-14H,4-6,9-12H2,1-2H3. The van der Waals surface area contributed by atoms with E-state index in [9.17, 15) is 0 Å². The monoisotopic (exact) mass is 303 g/mol. The van der Waals surface area contributed by atoms with Gasteiger partial charge in [-0.2, -0.15) is 5.10 Å². The Morgan fingerprint density at radius 3 is 2.73 bits per heavy atom. The number of aromatic nitrogens is 4. The van der Waals surface area contributed by atoms with Crippen molar-refractivity contribution in [3.05, 3.63) is 30.2 Å². The summed E-state index contributed by atoms with van der Waals surface area (Å²) in [5.41, 5.74) is 0. The molecule has 6 heteroatoms. The summed E-state index contributed by atoms with van der Waals surface area (Å²) in [6.07, 6.45) is 7.59. The lowest BCUT2D eigenvalue weighted by Gasteiger charge is -2.30. The maximum atomic E-state index is 5.70. The maximum Gasteiger partial charge on any atom is 0.230 e. The summed E-state index contributed by atoms with van der Waals surface area (Å²) in [5, 5.41) is 12.5. The zero-order valence-corrected chi connectivity index (χ0v) is 13.5. The van der Waals surface area contributed by atoms with Crippen molar-refractivity contribution < 1.29 is 4.42 Å². The SMILES string of the molecule is CC(C)c1nnc(CN2CCC(CCn3cccn3)CC2)o1. The first-order valence-electron chi connectivity index (χ1n) is 8.23. The Morgan fingerprint density at radius 1 is 1.27 bits per heavy atom. The fourth-order valence-corrected chi connectivity index (χ4v) is 2.94. The van der Waals surface area contributed by atoms with Crippen LogP contribution in [0.15, 0.2) is 22.9 Å². The predicted molar refractivity (Wildman–Crippen MR) is 83.2 cm³/mol. The van der Waals surface area contributed by atoms with Gasteiger partial charge in [0.1, 0.15) is 0 Å². The van der Waals surface area contributed by atoms with E-state index in [0.29, 0.717) is 5.92 Å². The Morgan fingerprint density at radius 2 is 2.09 bits per heavy atom. The molecule has 22 heavy (non-hydrogen) atoms. The highest BCUT2D eigenvalue weighted by atomic mass is 16.4. The zero-order chi connectivity index (χ0) is 15.4. The smallest absolute Gasteiger partial charge is 0.230 e. The summed E-state index contributed by atoms with van der Waals surface area (Å²) < 4.78 is 7.72. The number of hydrogen-bond donors (Lipinski definition) is 0. The van der Waals surface area contributed by atoms with Crippen LogP contribution in [0.3, 0.4) is 0 Å². The highest BCUT2D eigenvalue weighted by Crippen LogP contribution is 2.22. The Kier molecular flexibility index (Phi) is 4.87. The minimum absolute atomic E-state index is 0.300. The van der Waals surface area contributed by atoms with Gasteiger partial charge >= 0.3 is 0 Å². The van der Waals surface area contributed by atoms with Gasteiger partial charge in [-0.1, -0.05) is 13.8 Å². The molecule has 1 saturated heterocycles. The molecule has 3 heterocycles. The Labute approximate surface area is 131 Å². The quantitative estimate of drug-likeness (QED) is 0.821. The van der Waals surface area contributed by atoms with Crippen LogP contribution in [-0.4, -0.2) is 38.0 Å². The Hall–Kier alpha value is -1.69. The van der Waals surface area contributed by atoms with Gasteiger partial charge in [0, 0.05) is 24.9 Å². The van der Waals surface area contributed by atoms with Gasteiger partial charge in [-0.25, -0.2) is 0 Å². The summed E-state index contributed by atoms with van der Waals surface area (Å²) in [7, 11) is 0. The Bertz CT molecular complexity index is 555. The second-order valence-electron chi connectivity index (χ2n) is 6.47. The zero-order valence-electron chi connectivity index (χ0n) is 13.5. The van der Waals surface area contributed by atoms with Crippen molar-refractivity contribution in [1.29, 1.82) is 0 Å². The van der Waals surface area contributed by atoms with Crippen molar-refractivity contribution >= 4 is 0 Å². The molecule has 0 bridgehead atoms. The van der Waals surface area contributed by atoms with Crippen molar-refractivity contribution in [3.63, 3.8) is 0 Å². The molecule has 0 aromatic carbocycles. The van der Waals surface area contributed by atoms with E-state index >= 15 is 0 Å². The lowest BCUT2D eigenvalue weighted by atomic mass is 9.93. The molecule has 1 aliphatic heterocycles. The van der Waals surface area contributed by atoms with Crippen LogP contribution in [0.1, 0.15) is 50.8 Å². The van der Waals surface area contributed by atoms with Gasteiger partial charge in [-0.05, 0) is 44.3 Å². The molecule has 2 aromatic rings. The third-order valence-corrected chi connectivity index (χ3v) is 4.37. The molecular weight excluding hydrogens is 278 g/mol. The third-order valence-electron chi connectivity index (χ3n) is 4.37. The van der Waals surface area contributed by atoms with Gasteiger partial charge in [0.25, 0.3) is 0 Å². The van der Waals surface area contributed by atoms with E-state index in [1.165, 1.54) is 19.3 Å². The normalized spacial score (nSPS) is 17.4. The summed E-state index contributed by atoms with van der Waals surface area (Å²) in [6.45, 7) is 8.18. The van der Waals surface area contributed by atoms with Gasteiger partial charge in [-0.15, -0.1) is 10.2 Å². The lowest BCUT2D eigenvalue weighted by Crippen LogP contribution is -2.33. The number of nitrogens with zero attached hydrogens (tertiary/aromatic N) is 5. The summed E-state index contributed by atoms with van der Waals surface area (Å²) >= 11 is 0. The molecule has 0 N–H and O–H groups in total. The summed E-state index contributed by atoms with van der Waals surface area (Å²) in [6, 6.07) is 1.98. The van der Waals surface area contributed by atoms with Crippen LogP contribution in [0.2, 0.25) is 0 Å². The molecule has 0 spiro atoms. The number of likely N-dealkylation sites (tertiary alicyclic amines) is 1. The lowest BCUT2D eigenvalue weighted by molar-refractivity contribution is 0.155. The molecule has 120 valence electrons. The van der Waals surface area contributed by atoms with Crippen molar-refractivity contribution in [3.8, 4) is 0 Å². The van der Waals surface area contributed by atoms with E-state index in [2.05, 4.69) is 34.0 Å². The first kappa shape index (κ1) is 15.2. The van der Waals surface area contributed by atoms with Gasteiger partial charge in [0.15, 0.2) is 0 Å². The highest BCUT2D eigenvalue weighted by molar-refractivity contribution is 4.88. The van der Waals surface area contributed by atoms with Crippen LogP contribution in [0, 0.1) is 5.92 Å². The van der Waals surface area contributed by atoms with E-state index in [4.69, 9.17) is 4.42 Å². The highest BCUT2D eigenvalue weighted by Gasteiger charge is 2.21. The van der Waals surface area contributed by atoms with Crippen LogP contribution >= 0.6 is 0 Å². The van der Waals surface area contributed by atoms with E-state index < -0.39 is 0 Å². The van der Waals surface area contributed by atoms with Gasteiger partial charge in [-0.3, -0.25) is 9.58 Å². The topological polar surface area (TPSA) is 60.0 Å². The second kappa shape index (κ2) is 7.05. The first-order valence-corrected chi connectivity index (χ1v) is 8.23. The van der Waals surface area contributed by atoms with E-state index in [1.807, 2.05) is 23.1 Å². The molecule has 0 radical (unpaired) electrons. The number of rotatable bonds is 6.